The van der Waals surface area contributed by atoms with Gasteiger partial charge in [0, 0.05) is 10.2 Å². The largest absolute Gasteiger partial charge is 0.321 e. The molecular weight excluding hydrogens is 310 g/mol. The third-order valence-corrected chi connectivity index (χ3v) is 3.33. The number of carbonyl (C=O) groups excluding carboxylic acids is 1. The summed E-state index contributed by atoms with van der Waals surface area (Å²) < 4.78 is 0.930. The zero-order chi connectivity index (χ0) is 13.8. The highest BCUT2D eigenvalue weighted by atomic mass is 79.9. The Balaban J connectivity index is 2.13. The molecule has 19 heavy (non-hydrogen) atoms. The maximum atomic E-state index is 11.9. The van der Waals surface area contributed by atoms with Gasteiger partial charge in [-0.2, -0.15) is 0 Å². The minimum Gasteiger partial charge on any atom is -0.321 e. The summed E-state index contributed by atoms with van der Waals surface area (Å²) in [7, 11) is 0. The molecule has 4 N–H and O–H groups in total. The van der Waals surface area contributed by atoms with Crippen LogP contribution in [0.2, 0.25) is 0 Å². The van der Waals surface area contributed by atoms with Crippen LogP contribution in [0, 0.1) is 6.92 Å². The van der Waals surface area contributed by atoms with Crippen LogP contribution in [0.3, 0.4) is 0 Å². The summed E-state index contributed by atoms with van der Waals surface area (Å²) in [5.41, 5.74) is 4.34. The number of nitrogen functional groups attached to an aromatic ring is 1. The van der Waals surface area contributed by atoms with Crippen LogP contribution < -0.4 is 16.6 Å². The smallest absolute Gasteiger partial charge is 0.276 e. The summed E-state index contributed by atoms with van der Waals surface area (Å²) >= 11 is 3.41. The van der Waals surface area contributed by atoms with Crippen molar-refractivity contribution in [2.24, 2.45) is 5.84 Å². The lowest BCUT2D eigenvalue weighted by molar-refractivity contribution is 0.102. The lowest BCUT2D eigenvalue weighted by atomic mass is 10.2. The second-order valence-electron chi connectivity index (χ2n) is 3.87. The van der Waals surface area contributed by atoms with Crippen molar-refractivity contribution >= 4 is 33.3 Å². The number of benzene rings is 1. The minimum absolute atomic E-state index is 0.218. The number of carbonyl (C=O) groups is 1. The Bertz CT molecular complexity index is 600. The molecule has 0 aliphatic heterocycles. The van der Waals surface area contributed by atoms with Crippen molar-refractivity contribution in [1.29, 1.82) is 0 Å². The Morgan fingerprint density at radius 3 is 2.63 bits per heavy atom. The second-order valence-corrected chi connectivity index (χ2v) is 4.72. The van der Waals surface area contributed by atoms with Crippen LogP contribution in [0.5, 0.6) is 0 Å². The second kappa shape index (κ2) is 5.77. The first-order valence-corrected chi connectivity index (χ1v) is 6.27. The molecule has 0 aliphatic carbocycles. The van der Waals surface area contributed by atoms with E-state index in [2.05, 4.69) is 36.9 Å². The first-order chi connectivity index (χ1) is 9.10. The average molecular weight is 322 g/mol. The van der Waals surface area contributed by atoms with E-state index in [0.29, 0.717) is 11.5 Å². The van der Waals surface area contributed by atoms with Crippen LogP contribution in [-0.4, -0.2) is 16.1 Å². The van der Waals surface area contributed by atoms with E-state index in [0.717, 1.165) is 10.0 Å². The van der Waals surface area contributed by atoms with Crippen molar-refractivity contribution in [3.05, 3.63) is 46.1 Å². The summed E-state index contributed by atoms with van der Waals surface area (Å²) in [6, 6.07) is 8.68. The third kappa shape index (κ3) is 3.27. The Morgan fingerprint density at radius 2 is 2.05 bits per heavy atom. The van der Waals surface area contributed by atoms with Gasteiger partial charge in [0.25, 0.3) is 5.91 Å². The fraction of sp³-hybridized carbons (Fsp3) is 0.0833. The third-order valence-electron chi connectivity index (χ3n) is 2.47. The van der Waals surface area contributed by atoms with Gasteiger partial charge in [-0.05, 0) is 36.8 Å². The quantitative estimate of drug-likeness (QED) is 0.594. The van der Waals surface area contributed by atoms with Crippen LogP contribution in [0.25, 0.3) is 0 Å². The molecular formula is C12H12BrN5O. The molecule has 2 aromatic rings. The molecule has 1 heterocycles. The predicted molar refractivity (Wildman–Crippen MR) is 76.7 cm³/mol. The topological polar surface area (TPSA) is 92.9 Å². The number of amides is 1. The van der Waals surface area contributed by atoms with E-state index in [1.807, 2.05) is 25.1 Å². The highest BCUT2D eigenvalue weighted by Gasteiger charge is 2.09. The van der Waals surface area contributed by atoms with Gasteiger partial charge in [0.1, 0.15) is 0 Å². The maximum absolute atomic E-state index is 11.9. The number of halogens is 1. The van der Waals surface area contributed by atoms with E-state index in [4.69, 9.17) is 5.84 Å². The van der Waals surface area contributed by atoms with Crippen LogP contribution >= 0.6 is 15.9 Å². The molecule has 7 heteroatoms. The molecule has 0 saturated carbocycles. The van der Waals surface area contributed by atoms with Gasteiger partial charge in [-0.25, -0.2) is 5.84 Å². The molecule has 1 aromatic heterocycles. The van der Waals surface area contributed by atoms with Crippen molar-refractivity contribution in [2.75, 3.05) is 10.7 Å². The van der Waals surface area contributed by atoms with E-state index in [9.17, 15) is 4.79 Å². The molecule has 0 aliphatic rings. The van der Waals surface area contributed by atoms with Crippen molar-refractivity contribution < 1.29 is 4.79 Å². The van der Waals surface area contributed by atoms with Gasteiger partial charge in [0.15, 0.2) is 11.5 Å². The van der Waals surface area contributed by atoms with Gasteiger partial charge in [0.05, 0.1) is 0 Å². The molecule has 0 radical (unpaired) electrons. The molecule has 0 spiro atoms. The van der Waals surface area contributed by atoms with Crippen molar-refractivity contribution in [3.63, 3.8) is 0 Å². The molecule has 0 unspecified atom stereocenters. The van der Waals surface area contributed by atoms with E-state index in [1.165, 1.54) is 0 Å². The summed E-state index contributed by atoms with van der Waals surface area (Å²) in [6.07, 6.45) is 0. The number of nitrogens with two attached hydrogens (primary N) is 1. The molecule has 0 atom stereocenters. The SMILES string of the molecule is Cc1ccc(NC(=O)c2ccc(NN)nn2)cc1Br. The molecule has 98 valence electrons. The average Bonchev–Trinajstić information content (AvgIpc) is 2.43. The number of rotatable bonds is 3. The van der Waals surface area contributed by atoms with Gasteiger partial charge in [-0.1, -0.05) is 22.0 Å². The van der Waals surface area contributed by atoms with Gasteiger partial charge in [-0.3, -0.25) is 4.79 Å². The molecule has 0 fully saturated rings. The van der Waals surface area contributed by atoms with Crippen molar-refractivity contribution in [1.82, 2.24) is 10.2 Å². The first kappa shape index (κ1) is 13.4. The number of aromatic nitrogens is 2. The molecule has 1 aromatic carbocycles. The normalized spacial score (nSPS) is 10.1. The number of hydrazine groups is 1. The molecule has 0 bridgehead atoms. The lowest BCUT2D eigenvalue weighted by Crippen LogP contribution is -2.16. The Kier molecular flexibility index (Phi) is 4.08. The van der Waals surface area contributed by atoms with Gasteiger partial charge in [-0.15, -0.1) is 10.2 Å². The number of hydrogen-bond donors (Lipinski definition) is 3. The minimum atomic E-state index is -0.327. The summed E-state index contributed by atoms with van der Waals surface area (Å²) in [6.45, 7) is 1.97. The van der Waals surface area contributed by atoms with Crippen LogP contribution in [0.1, 0.15) is 16.1 Å². The highest BCUT2D eigenvalue weighted by molar-refractivity contribution is 9.10. The summed E-state index contributed by atoms with van der Waals surface area (Å²) in [4.78, 5) is 11.9. The number of anilines is 2. The van der Waals surface area contributed by atoms with E-state index >= 15 is 0 Å². The van der Waals surface area contributed by atoms with E-state index in [1.54, 1.807) is 12.1 Å². The predicted octanol–water partition coefficient (Wildman–Crippen LogP) is 2.09. The standard InChI is InChI=1S/C12H12BrN5O/c1-7-2-3-8(6-9(7)13)15-12(19)10-4-5-11(16-14)18-17-10/h2-6H,14H2,1H3,(H,15,19)(H,16,18). The molecule has 6 nitrogen and oxygen atoms in total. The van der Waals surface area contributed by atoms with Gasteiger partial charge >= 0.3 is 0 Å². The lowest BCUT2D eigenvalue weighted by Gasteiger charge is -2.06. The number of nitrogens with one attached hydrogen (secondary N) is 2. The van der Waals surface area contributed by atoms with Crippen LogP contribution in [0.4, 0.5) is 11.5 Å². The first-order valence-electron chi connectivity index (χ1n) is 5.48. The van der Waals surface area contributed by atoms with Crippen LogP contribution in [0.15, 0.2) is 34.8 Å². The zero-order valence-corrected chi connectivity index (χ0v) is 11.7. The Labute approximate surface area is 118 Å². The molecule has 0 saturated heterocycles. The number of hydrogen-bond acceptors (Lipinski definition) is 5. The van der Waals surface area contributed by atoms with Crippen molar-refractivity contribution in [3.8, 4) is 0 Å². The fourth-order valence-electron chi connectivity index (χ4n) is 1.40. The molecule has 1 amide bonds. The van der Waals surface area contributed by atoms with E-state index < -0.39 is 0 Å². The van der Waals surface area contributed by atoms with E-state index in [-0.39, 0.29) is 11.6 Å². The van der Waals surface area contributed by atoms with Gasteiger partial charge in [0.2, 0.25) is 0 Å². The van der Waals surface area contributed by atoms with Gasteiger partial charge < -0.3 is 10.7 Å². The summed E-state index contributed by atoms with van der Waals surface area (Å²) in [5, 5.41) is 10.2. The zero-order valence-electron chi connectivity index (χ0n) is 10.1. The Hall–Kier alpha value is -1.99. The number of nitrogens with zero attached hydrogens (tertiary/aromatic N) is 2. The monoisotopic (exact) mass is 321 g/mol. The fourth-order valence-corrected chi connectivity index (χ4v) is 1.77. The number of aryl methyl sites for hydroxylation is 1. The molecule has 2 rings (SSSR count). The Morgan fingerprint density at radius 1 is 1.26 bits per heavy atom. The summed E-state index contributed by atoms with van der Waals surface area (Å²) in [5.74, 6) is 5.24. The highest BCUT2D eigenvalue weighted by Crippen LogP contribution is 2.20. The maximum Gasteiger partial charge on any atom is 0.276 e. The van der Waals surface area contributed by atoms with Crippen LogP contribution in [-0.2, 0) is 0 Å². The van der Waals surface area contributed by atoms with Crippen molar-refractivity contribution in [2.45, 2.75) is 6.92 Å².